The molecule has 8 rings (SSSR count). The van der Waals surface area contributed by atoms with Crippen molar-refractivity contribution in [3.63, 3.8) is 0 Å². The molecule has 4 aromatic rings. The summed E-state index contributed by atoms with van der Waals surface area (Å²) in [6, 6.07) is 6.23. The van der Waals surface area contributed by atoms with E-state index in [1.54, 1.807) is 27.2 Å². The summed E-state index contributed by atoms with van der Waals surface area (Å²) in [6.07, 6.45) is 1.62. The van der Waals surface area contributed by atoms with Gasteiger partial charge in [-0.15, -0.1) is 12.6 Å². The molecular weight excluding hydrogens is 956 g/mol. The average molecular weight is 1030 g/mol. The molecule has 0 spiro atoms. The number of aryl methyl sites for hydroxylation is 1. The number of H-pyrrole nitrogens is 1. The lowest BCUT2D eigenvalue weighted by molar-refractivity contribution is -0.869. The number of hydrazine groups is 1. The van der Waals surface area contributed by atoms with Crippen molar-refractivity contribution in [3.05, 3.63) is 53.6 Å². The van der Waals surface area contributed by atoms with E-state index in [0.717, 1.165) is 27.7 Å². The minimum Gasteiger partial charge on any atom is -0.464 e. The number of nitrogens with one attached hydrogen (secondary N) is 3. The van der Waals surface area contributed by atoms with E-state index < -0.39 is 85.7 Å². The van der Waals surface area contributed by atoms with Gasteiger partial charge in [0, 0.05) is 98.0 Å². The van der Waals surface area contributed by atoms with Gasteiger partial charge in [0.2, 0.25) is 5.67 Å². The number of rotatable bonds is 8. The van der Waals surface area contributed by atoms with Gasteiger partial charge >= 0.3 is 11.9 Å². The summed E-state index contributed by atoms with van der Waals surface area (Å²) in [5, 5.41) is 12.6. The number of thiol groups is 1. The second-order valence-electron chi connectivity index (χ2n) is 21.9. The first-order chi connectivity index (χ1) is 34.3. The molecule has 1 aliphatic carbocycles. The summed E-state index contributed by atoms with van der Waals surface area (Å²) in [4.78, 5) is 82.9. The number of methoxy groups -OCH3 is 1. The van der Waals surface area contributed by atoms with Gasteiger partial charge in [0.25, 0.3) is 17.7 Å². The number of benzene rings is 1. The molecule has 73 heavy (non-hydrogen) atoms. The smallest absolute Gasteiger partial charge is 0.370 e. The van der Waals surface area contributed by atoms with E-state index in [4.69, 9.17) is 37.9 Å². The first kappa shape index (κ1) is 53.5. The van der Waals surface area contributed by atoms with Crippen LogP contribution < -0.4 is 16.6 Å². The number of nitrogens with zero attached hydrogens (tertiary/aromatic N) is 8. The monoisotopic (exact) mass is 1030 g/mol. The van der Waals surface area contributed by atoms with Crippen molar-refractivity contribution < 1.29 is 42.4 Å². The molecule has 6 bridgehead atoms. The lowest BCUT2D eigenvalue weighted by Crippen LogP contribution is -2.73. The molecule has 2 saturated heterocycles. The van der Waals surface area contributed by atoms with Crippen molar-refractivity contribution in [1.82, 2.24) is 50.3 Å². The fraction of sp³-hybridized carbons (Fsp3) is 0.577. The van der Waals surface area contributed by atoms with E-state index in [-0.39, 0.29) is 51.3 Å². The van der Waals surface area contributed by atoms with Gasteiger partial charge < -0.3 is 24.3 Å². The summed E-state index contributed by atoms with van der Waals surface area (Å²) in [7, 11) is 6.59. The number of likely N-dealkylation sites (N-methyl/N-ethyl adjacent to an activating group) is 1. The number of hydrogen-bond donors (Lipinski definition) is 5. The zero-order chi connectivity index (χ0) is 53.2. The molecule has 3 aliphatic heterocycles. The van der Waals surface area contributed by atoms with Gasteiger partial charge in [0.1, 0.15) is 17.9 Å². The van der Waals surface area contributed by atoms with Gasteiger partial charge in [-0.2, -0.15) is 15.5 Å². The number of nitrogens with two attached hydrogens (primary N) is 1. The molecule has 21 heteroatoms. The normalized spacial score (nSPS) is 24.2. The quantitative estimate of drug-likeness (QED) is 0.0247. The average Bonchev–Trinajstić information content (AvgIpc) is 3.96. The number of cyclic esters (lactones) is 1. The van der Waals surface area contributed by atoms with Gasteiger partial charge in [-0.1, -0.05) is 33.6 Å². The Kier molecular flexibility index (Phi) is 14.5. The topological polar surface area (TPSA) is 223 Å². The largest absolute Gasteiger partial charge is 0.464 e. The van der Waals surface area contributed by atoms with Crippen LogP contribution in [-0.2, 0) is 51.3 Å². The Morgan fingerprint density at radius 2 is 1.86 bits per heavy atom. The molecule has 0 radical (unpaired) electrons. The van der Waals surface area contributed by atoms with E-state index in [0.29, 0.717) is 36.5 Å². The van der Waals surface area contributed by atoms with Gasteiger partial charge in [-0.05, 0) is 89.5 Å². The molecular formula is C52H70FN12O7S+. The van der Waals surface area contributed by atoms with Crippen LogP contribution in [0.2, 0.25) is 0 Å². The van der Waals surface area contributed by atoms with Crippen LogP contribution >= 0.6 is 12.6 Å². The number of aromatic nitrogens is 5. The summed E-state index contributed by atoms with van der Waals surface area (Å²) in [5.41, 5.74) is 4.20. The molecule has 6 atom stereocenters. The second-order valence-corrected chi connectivity index (χ2v) is 22.5. The molecule has 2 unspecified atom stereocenters. The number of quaternary nitrogens is 1. The summed E-state index contributed by atoms with van der Waals surface area (Å²) in [6.45, 7) is 13.8. The Morgan fingerprint density at radius 1 is 1.15 bits per heavy atom. The van der Waals surface area contributed by atoms with Crippen molar-refractivity contribution >= 4 is 53.1 Å². The van der Waals surface area contributed by atoms with Crippen LogP contribution in [-0.4, -0.2) is 158 Å². The van der Waals surface area contributed by atoms with Crippen LogP contribution in [0.25, 0.3) is 33.5 Å². The summed E-state index contributed by atoms with van der Waals surface area (Å²) in [5.74, 6) is 8.36. The van der Waals surface area contributed by atoms with E-state index in [1.807, 2.05) is 77.0 Å². The molecule has 19 nitrogen and oxygen atoms in total. The van der Waals surface area contributed by atoms with Crippen molar-refractivity contribution in [2.45, 2.75) is 127 Å². The molecule has 5 N–H and O–H groups in total. The van der Waals surface area contributed by atoms with Crippen LogP contribution in [0.4, 0.5) is 4.39 Å². The van der Waals surface area contributed by atoms with Crippen LogP contribution in [0.15, 0.2) is 36.5 Å². The number of piperidine rings is 1. The van der Waals surface area contributed by atoms with Crippen molar-refractivity contribution in [3.8, 4) is 34.5 Å². The number of alkyl halides is 1. The lowest BCUT2D eigenvalue weighted by Gasteiger charge is -2.47. The number of amides is 4. The van der Waals surface area contributed by atoms with Crippen LogP contribution in [0.1, 0.15) is 97.1 Å². The van der Waals surface area contributed by atoms with E-state index in [1.165, 1.54) is 17.0 Å². The predicted molar refractivity (Wildman–Crippen MR) is 274 cm³/mol. The Hall–Kier alpha value is -5.76. The van der Waals surface area contributed by atoms with E-state index >= 15 is 4.39 Å². The van der Waals surface area contributed by atoms with Crippen molar-refractivity contribution in [2.75, 3.05) is 54.5 Å². The highest BCUT2D eigenvalue weighted by atomic mass is 32.1. The number of carbonyl (C=O) groups excluding carboxylic acids is 5. The highest BCUT2D eigenvalue weighted by Crippen LogP contribution is 2.61. The van der Waals surface area contributed by atoms with E-state index in [2.05, 4.69) is 44.3 Å². The van der Waals surface area contributed by atoms with Crippen molar-refractivity contribution in [1.29, 1.82) is 0 Å². The maximum atomic E-state index is 16.9. The van der Waals surface area contributed by atoms with Gasteiger partial charge in [0.05, 0.1) is 30.6 Å². The van der Waals surface area contributed by atoms with E-state index in [9.17, 15) is 24.0 Å². The molecule has 4 aliphatic rings. The first-order valence-electron chi connectivity index (χ1n) is 25.0. The van der Waals surface area contributed by atoms with Gasteiger partial charge in [-0.25, -0.2) is 19.6 Å². The standard InChI is InChI=1S/C52H69FN12O7S/c1-12-63-36-18-17-31-27-33(36)39-40(63)32-15-13-23-55-43(32)52(73,71-11)42(39)49(4,5)29-72-47(69)34-16-14-24-64(60-34)46(68)35(28-37-57-44(31)59-58-37)56-45(67)41(30(2)3)65(10,54)48(70)51(53)21-25-62(26-22-51)38(66)19-20-50(6,7)61(8)9/h13,15,17-18,23,27,30,34-35,41-42,60H,12,14,16,21-22,24-26,28-29,54H2,1-11H3,(H2-,56,57,58,59,67,73)/p+1/t34-,35-,41-,42?,52+,65?/m0/s1. The Balaban J connectivity index is 1.13. The molecule has 4 amide bonds. The van der Waals surface area contributed by atoms with Gasteiger partial charge in [0.15, 0.2) is 16.8 Å². The Bertz CT molecular complexity index is 2890. The molecule has 1 aromatic carbocycles. The molecule has 2 fully saturated rings. The third-order valence-electron chi connectivity index (χ3n) is 15.5. The molecule has 392 valence electrons. The number of esters is 1. The number of fused-ring (bicyclic) bond motifs is 8. The number of likely N-dealkylation sites (tertiary alicyclic amines) is 1. The van der Waals surface area contributed by atoms with Crippen LogP contribution in [0.5, 0.6) is 0 Å². The maximum Gasteiger partial charge on any atom is 0.370 e. The van der Waals surface area contributed by atoms with Gasteiger partial charge in [-0.3, -0.25) is 39.2 Å². The molecule has 6 heterocycles. The zero-order valence-corrected chi connectivity index (χ0v) is 44.7. The second kappa shape index (κ2) is 19.8. The fourth-order valence-electron chi connectivity index (χ4n) is 11.1. The number of ether oxygens (including phenoxy) is 2. The SMILES string of the molecule is CCn1c2c3c4cc(ccc41)-c1n[nH]c(n1)C[C@H](NC(=O)[C@H](C(C)C)[N+](C)(N)C(=O)C1(F)CCN(C(=O)C#CC(C)(C)N(C)C)CC1)C(=O)N1CCC[C@H](N1)C(=O)OCC(C)(C)C3[C@](S)(OC)c1ncccc1-2. The minimum atomic E-state index is -2.48. The molecule has 3 aromatic heterocycles. The van der Waals surface area contributed by atoms with Crippen molar-refractivity contribution in [2.24, 2.45) is 17.2 Å². The number of pyridine rings is 1. The van der Waals surface area contributed by atoms with Crippen LogP contribution in [0, 0.1) is 23.2 Å². The Labute approximate surface area is 431 Å². The number of halogens is 1. The lowest BCUT2D eigenvalue weighted by atomic mass is 9.66. The third kappa shape index (κ3) is 9.66. The summed E-state index contributed by atoms with van der Waals surface area (Å²) < 4.78 is 30.6. The third-order valence-corrected chi connectivity index (χ3v) is 16.1. The highest BCUT2D eigenvalue weighted by molar-refractivity contribution is 7.81. The Morgan fingerprint density at radius 3 is 2.52 bits per heavy atom. The number of carbonyl (C=O) groups is 5. The fourth-order valence-corrected chi connectivity index (χ4v) is 11.7. The van der Waals surface area contributed by atoms with Crippen LogP contribution in [0.3, 0.4) is 0 Å². The number of hydrogen-bond acceptors (Lipinski definition) is 14. The summed E-state index contributed by atoms with van der Waals surface area (Å²) >= 11 is 5.32. The highest BCUT2D eigenvalue weighted by Gasteiger charge is 2.58. The predicted octanol–water partition coefficient (Wildman–Crippen LogP) is 3.99. The zero-order valence-electron chi connectivity index (χ0n) is 43.8. The molecule has 0 saturated carbocycles. The number of aromatic amines is 1. The maximum absolute atomic E-state index is 16.9. The first-order valence-corrected chi connectivity index (χ1v) is 25.5. The minimum absolute atomic E-state index is 0.0520.